The molecule has 0 aliphatic carbocycles. The van der Waals surface area contributed by atoms with E-state index >= 15 is 0 Å². The van der Waals surface area contributed by atoms with Crippen molar-refractivity contribution < 1.29 is 19.1 Å². The molecule has 2 saturated heterocycles. The second kappa shape index (κ2) is 11.5. The summed E-state index contributed by atoms with van der Waals surface area (Å²) in [5.74, 6) is -0.258. The van der Waals surface area contributed by atoms with E-state index < -0.39 is 11.2 Å². The van der Waals surface area contributed by atoms with Crippen molar-refractivity contribution >= 4 is 44.9 Å². The van der Waals surface area contributed by atoms with E-state index in [1.807, 2.05) is 24.6 Å². The Bertz CT molecular complexity index is 974. The van der Waals surface area contributed by atoms with Crippen LogP contribution in [0.5, 0.6) is 0 Å². The summed E-state index contributed by atoms with van der Waals surface area (Å²) < 4.78 is 11.5. The van der Waals surface area contributed by atoms with Gasteiger partial charge in [0.05, 0.1) is 23.2 Å². The zero-order valence-corrected chi connectivity index (χ0v) is 23.4. The van der Waals surface area contributed by atoms with Crippen LogP contribution in [-0.2, 0) is 30.3 Å². The summed E-state index contributed by atoms with van der Waals surface area (Å²) in [6.45, 7) is 9.54. The Balaban J connectivity index is 1.24. The number of carbonyl (C=O) groups is 2. The van der Waals surface area contributed by atoms with Crippen molar-refractivity contribution in [1.29, 1.82) is 0 Å². The Kier molecular flexibility index (Phi) is 8.55. The number of cyclic esters (lactones) is 2. The number of esters is 2. The molecule has 4 heterocycles. The minimum absolute atomic E-state index is 0.0299. The normalized spacial score (nSPS) is 27.8. The van der Waals surface area contributed by atoms with Gasteiger partial charge in [0.15, 0.2) is 21.5 Å². The second-order valence-corrected chi connectivity index (χ2v) is 12.0. The van der Waals surface area contributed by atoms with Gasteiger partial charge >= 0.3 is 11.9 Å². The lowest BCUT2D eigenvalue weighted by Crippen LogP contribution is -2.22. The molecule has 4 rings (SSSR count). The highest BCUT2D eigenvalue weighted by atomic mass is 32.1. The molecule has 0 unspecified atom stereocenters. The largest absolute Gasteiger partial charge is 0.453 e. The van der Waals surface area contributed by atoms with Crippen LogP contribution in [-0.4, -0.2) is 35.0 Å². The summed E-state index contributed by atoms with van der Waals surface area (Å²) in [5, 5.41) is 12.3. The molecule has 0 bridgehead atoms. The standard InChI is InChI=1S/C26H38N4O4S2/c1-5-7-9-17-13-25(3,33-21(17)31)19-15-35-23(29-19)27-11-12-28-24-30-20(16-36-24)26(4)14-18(10-8-6-2)22(32)34-26/h15-18H,5-14H2,1-4H3,(H,27,29)(H,28,30)/t17-,18-,25-,26-/m0/s1. The number of carbonyl (C=O) groups excluding carboxylic acids is 2. The Labute approximate surface area is 221 Å². The average molecular weight is 535 g/mol. The Morgan fingerprint density at radius 3 is 1.64 bits per heavy atom. The van der Waals surface area contributed by atoms with Gasteiger partial charge in [-0.3, -0.25) is 9.59 Å². The van der Waals surface area contributed by atoms with Gasteiger partial charge in [-0.05, 0) is 26.7 Å². The van der Waals surface area contributed by atoms with E-state index in [4.69, 9.17) is 19.4 Å². The number of hydrogen-bond acceptors (Lipinski definition) is 10. The molecule has 0 saturated carbocycles. The van der Waals surface area contributed by atoms with E-state index in [-0.39, 0.29) is 23.8 Å². The third kappa shape index (κ3) is 6.02. The fourth-order valence-electron chi connectivity index (χ4n) is 4.99. The zero-order valence-electron chi connectivity index (χ0n) is 21.7. The van der Waals surface area contributed by atoms with Crippen molar-refractivity contribution in [3.8, 4) is 0 Å². The summed E-state index contributed by atoms with van der Waals surface area (Å²) in [4.78, 5) is 34.0. The van der Waals surface area contributed by atoms with Gasteiger partial charge < -0.3 is 20.1 Å². The molecule has 0 spiro atoms. The van der Waals surface area contributed by atoms with Crippen LogP contribution >= 0.6 is 22.7 Å². The fourth-order valence-corrected chi connectivity index (χ4v) is 6.71. The number of nitrogens with one attached hydrogen (secondary N) is 2. The smallest absolute Gasteiger partial charge is 0.310 e. The Hall–Kier alpha value is -2.20. The highest BCUT2D eigenvalue weighted by Gasteiger charge is 2.46. The Morgan fingerprint density at radius 1 is 0.833 bits per heavy atom. The quantitative estimate of drug-likeness (QED) is 0.236. The molecule has 2 aromatic rings. The average Bonchev–Trinajstić information content (AvgIpc) is 3.62. The highest BCUT2D eigenvalue weighted by molar-refractivity contribution is 7.14. The molecule has 0 amide bonds. The van der Waals surface area contributed by atoms with E-state index in [0.29, 0.717) is 25.9 Å². The van der Waals surface area contributed by atoms with Gasteiger partial charge in [-0.2, -0.15) is 0 Å². The molecule has 4 atom stereocenters. The lowest BCUT2D eigenvalue weighted by molar-refractivity contribution is -0.151. The molecular formula is C26H38N4O4S2. The molecule has 8 nitrogen and oxygen atoms in total. The zero-order chi connectivity index (χ0) is 25.8. The molecule has 2 fully saturated rings. The highest BCUT2D eigenvalue weighted by Crippen LogP contribution is 2.43. The maximum Gasteiger partial charge on any atom is 0.310 e. The topological polar surface area (TPSA) is 102 Å². The summed E-state index contributed by atoms with van der Waals surface area (Å²) in [5.41, 5.74) is 0.348. The predicted octanol–water partition coefficient (Wildman–Crippen LogP) is 6.06. The molecular weight excluding hydrogens is 496 g/mol. The third-order valence-corrected chi connectivity index (χ3v) is 8.77. The first-order valence-corrected chi connectivity index (χ1v) is 14.9. The van der Waals surface area contributed by atoms with Crippen molar-refractivity contribution in [3.63, 3.8) is 0 Å². The minimum atomic E-state index is -0.642. The van der Waals surface area contributed by atoms with E-state index in [0.717, 1.165) is 60.2 Å². The minimum Gasteiger partial charge on any atom is -0.453 e. The molecule has 36 heavy (non-hydrogen) atoms. The van der Waals surface area contributed by atoms with Crippen LogP contribution < -0.4 is 10.6 Å². The van der Waals surface area contributed by atoms with Gasteiger partial charge in [0.1, 0.15) is 0 Å². The van der Waals surface area contributed by atoms with Crippen molar-refractivity contribution in [3.05, 3.63) is 22.1 Å². The number of rotatable bonds is 13. The summed E-state index contributed by atoms with van der Waals surface area (Å²) >= 11 is 3.05. The van der Waals surface area contributed by atoms with Crippen molar-refractivity contribution in [2.75, 3.05) is 23.7 Å². The van der Waals surface area contributed by atoms with Gasteiger partial charge in [-0.25, -0.2) is 9.97 Å². The molecule has 0 aromatic carbocycles. The Morgan fingerprint density at radius 2 is 1.25 bits per heavy atom. The van der Waals surface area contributed by atoms with E-state index in [9.17, 15) is 9.59 Å². The van der Waals surface area contributed by atoms with Crippen LogP contribution in [0.15, 0.2) is 10.8 Å². The number of nitrogens with zero attached hydrogens (tertiary/aromatic N) is 2. The first kappa shape index (κ1) is 26.9. The predicted molar refractivity (Wildman–Crippen MR) is 143 cm³/mol. The molecule has 2 aliphatic rings. The van der Waals surface area contributed by atoms with Crippen LogP contribution in [0.25, 0.3) is 0 Å². The van der Waals surface area contributed by atoms with Crippen LogP contribution in [0.3, 0.4) is 0 Å². The van der Waals surface area contributed by atoms with Crippen molar-refractivity contribution in [2.24, 2.45) is 11.8 Å². The number of ether oxygens (including phenoxy) is 2. The number of unbranched alkanes of at least 4 members (excludes halogenated alkanes) is 2. The van der Waals surface area contributed by atoms with Crippen molar-refractivity contribution in [2.45, 2.75) is 90.3 Å². The molecule has 198 valence electrons. The number of anilines is 2. The van der Waals surface area contributed by atoms with Gasteiger partial charge in [0, 0.05) is 36.7 Å². The van der Waals surface area contributed by atoms with Gasteiger partial charge in [0.2, 0.25) is 0 Å². The lowest BCUT2D eigenvalue weighted by Gasteiger charge is -2.20. The maximum absolute atomic E-state index is 12.3. The molecule has 2 aromatic heterocycles. The van der Waals surface area contributed by atoms with Crippen LogP contribution in [0.2, 0.25) is 0 Å². The monoisotopic (exact) mass is 534 g/mol. The summed E-state index contributed by atoms with van der Waals surface area (Å²) in [6, 6.07) is 0. The van der Waals surface area contributed by atoms with Gasteiger partial charge in [-0.1, -0.05) is 39.5 Å². The van der Waals surface area contributed by atoms with E-state index in [1.165, 1.54) is 22.7 Å². The number of aromatic nitrogens is 2. The second-order valence-electron chi connectivity index (χ2n) is 10.3. The third-order valence-electron chi connectivity index (χ3n) is 7.17. The summed E-state index contributed by atoms with van der Waals surface area (Å²) in [6.07, 6.45) is 7.37. The molecule has 10 heteroatoms. The van der Waals surface area contributed by atoms with Gasteiger partial charge in [-0.15, -0.1) is 22.7 Å². The van der Waals surface area contributed by atoms with Crippen molar-refractivity contribution in [1.82, 2.24) is 9.97 Å². The number of hydrogen-bond donors (Lipinski definition) is 2. The molecule has 2 N–H and O–H groups in total. The molecule has 2 aliphatic heterocycles. The maximum atomic E-state index is 12.3. The van der Waals surface area contributed by atoms with E-state index in [1.54, 1.807) is 0 Å². The number of thiazole rings is 2. The van der Waals surface area contributed by atoms with Crippen LogP contribution in [0, 0.1) is 11.8 Å². The first-order valence-electron chi connectivity index (χ1n) is 13.1. The molecule has 0 radical (unpaired) electrons. The summed E-state index contributed by atoms with van der Waals surface area (Å²) in [7, 11) is 0. The lowest BCUT2D eigenvalue weighted by atomic mass is 9.90. The van der Waals surface area contributed by atoms with Crippen LogP contribution in [0.4, 0.5) is 10.3 Å². The van der Waals surface area contributed by atoms with Crippen LogP contribution in [0.1, 0.15) is 90.4 Å². The SMILES string of the molecule is CCCC[C@H]1C[C@@](C)(c2csc(NCCNc3nc([C@]4(C)C[C@H](CCCC)C(=O)O4)cs3)n2)OC1=O. The van der Waals surface area contributed by atoms with Gasteiger partial charge in [0.25, 0.3) is 0 Å². The fraction of sp³-hybridized carbons (Fsp3) is 0.692. The van der Waals surface area contributed by atoms with E-state index in [2.05, 4.69) is 24.5 Å². The first-order chi connectivity index (χ1) is 17.3.